The zero-order valence-corrected chi connectivity index (χ0v) is 13.5. The minimum Gasteiger partial charge on any atom is -0.320 e. The SMILES string of the molecule is CN1NC(S(N)(=O)=O)SC1=NC(=O)[C@H](N)Cc1ccccc1. The average molecular weight is 343 g/mol. The Labute approximate surface area is 133 Å². The molecule has 2 rings (SSSR count). The molecule has 1 unspecified atom stereocenters. The molecule has 1 fully saturated rings. The van der Waals surface area contributed by atoms with Gasteiger partial charge in [0.05, 0.1) is 6.04 Å². The van der Waals surface area contributed by atoms with E-state index in [4.69, 9.17) is 10.9 Å². The van der Waals surface area contributed by atoms with E-state index in [0.717, 1.165) is 17.3 Å². The van der Waals surface area contributed by atoms with Crippen LogP contribution in [0.25, 0.3) is 0 Å². The molecule has 10 heteroatoms. The Morgan fingerprint density at radius 1 is 1.45 bits per heavy atom. The van der Waals surface area contributed by atoms with E-state index in [0.29, 0.717) is 6.42 Å². The van der Waals surface area contributed by atoms with Crippen molar-refractivity contribution in [1.82, 2.24) is 10.4 Å². The second kappa shape index (κ2) is 6.75. The van der Waals surface area contributed by atoms with Crippen LogP contribution in [0.4, 0.5) is 0 Å². The second-order valence-corrected chi connectivity index (χ2v) is 7.78. The largest absolute Gasteiger partial charge is 0.320 e. The third-order valence-corrected chi connectivity index (χ3v) is 5.61. The van der Waals surface area contributed by atoms with E-state index in [-0.39, 0.29) is 5.17 Å². The zero-order valence-electron chi connectivity index (χ0n) is 11.8. The summed E-state index contributed by atoms with van der Waals surface area (Å²) in [5, 5.41) is 6.61. The number of rotatable bonds is 4. The van der Waals surface area contributed by atoms with Crippen LogP contribution in [-0.2, 0) is 21.2 Å². The fourth-order valence-electron chi connectivity index (χ4n) is 1.79. The van der Waals surface area contributed by atoms with Gasteiger partial charge in [0, 0.05) is 7.05 Å². The Balaban J connectivity index is 2.04. The lowest BCUT2D eigenvalue weighted by Crippen LogP contribution is -2.40. The quantitative estimate of drug-likeness (QED) is 0.652. The van der Waals surface area contributed by atoms with Crippen LogP contribution in [0.3, 0.4) is 0 Å². The predicted octanol–water partition coefficient (Wildman–Crippen LogP) is -0.806. The Bertz CT molecular complexity index is 677. The number of nitrogens with zero attached hydrogens (tertiary/aromatic N) is 2. The molecule has 1 aromatic carbocycles. The number of sulfonamides is 1. The number of amidine groups is 1. The van der Waals surface area contributed by atoms with Crippen molar-refractivity contribution in [3.05, 3.63) is 35.9 Å². The van der Waals surface area contributed by atoms with Crippen molar-refractivity contribution >= 4 is 32.9 Å². The maximum Gasteiger partial charge on any atom is 0.265 e. The predicted molar refractivity (Wildman–Crippen MR) is 85.9 cm³/mol. The Morgan fingerprint density at radius 3 is 2.64 bits per heavy atom. The van der Waals surface area contributed by atoms with Crippen LogP contribution in [0.5, 0.6) is 0 Å². The van der Waals surface area contributed by atoms with E-state index in [1.807, 2.05) is 30.3 Å². The monoisotopic (exact) mass is 343 g/mol. The van der Waals surface area contributed by atoms with Gasteiger partial charge in [-0.15, -0.1) is 0 Å². The van der Waals surface area contributed by atoms with E-state index in [1.165, 1.54) is 5.01 Å². The second-order valence-electron chi connectivity index (χ2n) is 4.76. The van der Waals surface area contributed by atoms with Gasteiger partial charge in [0.25, 0.3) is 5.91 Å². The van der Waals surface area contributed by atoms with Crippen LogP contribution in [0.15, 0.2) is 35.3 Å². The molecule has 0 aromatic heterocycles. The topological polar surface area (TPSA) is 131 Å². The third-order valence-electron chi connectivity index (χ3n) is 2.92. The summed E-state index contributed by atoms with van der Waals surface area (Å²) in [6.07, 6.45) is 0.358. The summed E-state index contributed by atoms with van der Waals surface area (Å²) >= 11 is 0.853. The minimum absolute atomic E-state index is 0.215. The number of carbonyl (C=O) groups is 1. The first kappa shape index (κ1) is 16.9. The number of nitrogens with two attached hydrogens (primary N) is 2. The molecular formula is C12H17N5O3S2. The van der Waals surface area contributed by atoms with Crippen molar-refractivity contribution in [2.75, 3.05) is 7.05 Å². The minimum atomic E-state index is -3.79. The highest BCUT2D eigenvalue weighted by molar-refractivity contribution is 8.22. The Hall–Kier alpha value is -1.46. The lowest BCUT2D eigenvalue weighted by atomic mass is 10.1. The normalized spacial score (nSPS) is 22.0. The number of aliphatic imine (C=N–C) groups is 1. The van der Waals surface area contributed by atoms with Gasteiger partial charge in [-0.3, -0.25) is 9.80 Å². The van der Waals surface area contributed by atoms with Gasteiger partial charge < -0.3 is 5.73 Å². The first-order valence-electron chi connectivity index (χ1n) is 6.37. The van der Waals surface area contributed by atoms with Crippen molar-refractivity contribution < 1.29 is 13.2 Å². The summed E-state index contributed by atoms with van der Waals surface area (Å²) in [4.78, 5) is 15.9. The van der Waals surface area contributed by atoms with Crippen LogP contribution in [0.2, 0.25) is 0 Å². The number of nitrogens with one attached hydrogen (secondary N) is 1. The van der Waals surface area contributed by atoms with E-state index in [9.17, 15) is 13.2 Å². The Kier molecular flexibility index (Phi) is 5.19. The fraction of sp³-hybridized carbons (Fsp3) is 0.333. The maximum atomic E-state index is 12.0. The number of primary sulfonamides is 1. The smallest absolute Gasteiger partial charge is 0.265 e. The van der Waals surface area contributed by atoms with Crippen LogP contribution in [0, 0.1) is 0 Å². The first-order chi connectivity index (χ1) is 10.3. The van der Waals surface area contributed by atoms with Gasteiger partial charge in [-0.25, -0.2) is 19.0 Å². The van der Waals surface area contributed by atoms with Gasteiger partial charge in [-0.2, -0.15) is 4.99 Å². The molecule has 0 spiro atoms. The summed E-state index contributed by atoms with van der Waals surface area (Å²) in [5.74, 6) is -0.518. The fourth-order valence-corrected chi connectivity index (χ4v) is 3.64. The van der Waals surface area contributed by atoms with Gasteiger partial charge in [0.1, 0.15) is 0 Å². The Morgan fingerprint density at radius 2 is 2.09 bits per heavy atom. The summed E-state index contributed by atoms with van der Waals surface area (Å²) in [6, 6.07) is 8.54. The average Bonchev–Trinajstić information content (AvgIpc) is 2.81. The van der Waals surface area contributed by atoms with Gasteiger partial charge in [-0.05, 0) is 23.7 Å². The lowest BCUT2D eigenvalue weighted by Gasteiger charge is -2.12. The van der Waals surface area contributed by atoms with Crippen molar-refractivity contribution in [3.63, 3.8) is 0 Å². The summed E-state index contributed by atoms with van der Waals surface area (Å²) in [7, 11) is -2.24. The van der Waals surface area contributed by atoms with Crippen molar-refractivity contribution in [2.24, 2.45) is 15.9 Å². The molecule has 1 aliphatic rings. The molecule has 22 heavy (non-hydrogen) atoms. The number of amides is 1. The highest BCUT2D eigenvalue weighted by Gasteiger charge is 2.34. The highest BCUT2D eigenvalue weighted by Crippen LogP contribution is 2.23. The molecule has 1 aliphatic heterocycles. The van der Waals surface area contributed by atoms with E-state index in [2.05, 4.69) is 10.4 Å². The van der Waals surface area contributed by atoms with Crippen LogP contribution < -0.4 is 16.3 Å². The van der Waals surface area contributed by atoms with E-state index in [1.54, 1.807) is 7.05 Å². The molecule has 2 atom stereocenters. The molecule has 0 radical (unpaired) electrons. The van der Waals surface area contributed by atoms with E-state index >= 15 is 0 Å². The standard InChI is InChI=1S/C12H17N5O3S2/c1-17-11(21-12(16-17)22(14,19)20)15-10(18)9(13)7-8-5-3-2-4-6-8/h2-6,9,12,16H,7,13H2,1H3,(H2,14,19,20)/t9-,12?/m1/s1. The molecule has 1 saturated heterocycles. The summed E-state index contributed by atoms with van der Waals surface area (Å²) in [5.41, 5.74) is 9.37. The molecular weight excluding hydrogens is 326 g/mol. The first-order valence-corrected chi connectivity index (χ1v) is 8.86. The molecule has 1 amide bonds. The number of hydrazine groups is 1. The van der Waals surface area contributed by atoms with E-state index < -0.39 is 26.7 Å². The molecule has 0 bridgehead atoms. The van der Waals surface area contributed by atoms with Crippen molar-refractivity contribution in [1.29, 1.82) is 0 Å². The third kappa shape index (κ3) is 4.27. The number of hydrogen-bond acceptors (Lipinski definition) is 6. The summed E-state index contributed by atoms with van der Waals surface area (Å²) in [6.45, 7) is 0. The number of benzene rings is 1. The van der Waals surface area contributed by atoms with Gasteiger partial charge in [0.15, 0.2) is 9.87 Å². The van der Waals surface area contributed by atoms with Gasteiger partial charge >= 0.3 is 0 Å². The van der Waals surface area contributed by atoms with Crippen LogP contribution >= 0.6 is 11.8 Å². The number of carbonyl (C=O) groups excluding carboxylic acids is 1. The molecule has 1 aromatic rings. The molecule has 0 saturated carbocycles. The van der Waals surface area contributed by atoms with Gasteiger partial charge in [0.2, 0.25) is 10.0 Å². The van der Waals surface area contributed by atoms with Crippen molar-refractivity contribution in [3.8, 4) is 0 Å². The summed E-state index contributed by atoms with van der Waals surface area (Å²) < 4.78 is 21.5. The molecule has 0 aliphatic carbocycles. The van der Waals surface area contributed by atoms with Crippen molar-refractivity contribution in [2.45, 2.75) is 17.2 Å². The van der Waals surface area contributed by atoms with Crippen LogP contribution in [-0.4, -0.2) is 42.3 Å². The molecule has 1 heterocycles. The molecule has 5 N–H and O–H groups in total. The van der Waals surface area contributed by atoms with Crippen LogP contribution in [0.1, 0.15) is 5.56 Å². The van der Waals surface area contributed by atoms with Gasteiger partial charge in [-0.1, -0.05) is 30.3 Å². The molecule has 8 nitrogen and oxygen atoms in total. The number of hydrogen-bond donors (Lipinski definition) is 3. The highest BCUT2D eigenvalue weighted by atomic mass is 32.3. The zero-order chi connectivity index (χ0) is 16.3. The molecule has 120 valence electrons. The number of thioether (sulfide) groups is 1. The maximum absolute atomic E-state index is 12.0. The lowest BCUT2D eigenvalue weighted by molar-refractivity contribution is -0.119.